The molecule has 0 saturated carbocycles. The van der Waals surface area contributed by atoms with E-state index < -0.39 is 0 Å². The lowest BCUT2D eigenvalue weighted by Gasteiger charge is -2.21. The average molecular weight is 262 g/mol. The Morgan fingerprint density at radius 3 is 2.89 bits per heavy atom. The number of hydrogen-bond acceptors (Lipinski definition) is 4. The van der Waals surface area contributed by atoms with Gasteiger partial charge in [-0.2, -0.15) is 0 Å². The molecule has 0 amide bonds. The number of nitrogens with zero attached hydrogens (tertiary/aromatic N) is 3. The molecule has 4 heteroatoms. The summed E-state index contributed by atoms with van der Waals surface area (Å²) in [4.78, 5) is 9.26. The summed E-state index contributed by atoms with van der Waals surface area (Å²) < 4.78 is 0. The number of rotatable bonds is 7. The second-order valence-electron chi connectivity index (χ2n) is 5.37. The summed E-state index contributed by atoms with van der Waals surface area (Å²) in [5.74, 6) is 0.980. The van der Waals surface area contributed by atoms with Gasteiger partial charge < -0.3 is 15.1 Å². The maximum absolute atomic E-state index is 4.31. The lowest BCUT2D eigenvalue weighted by atomic mass is 10.2. The van der Waals surface area contributed by atoms with Crippen LogP contribution < -0.4 is 5.32 Å². The molecular formula is C15H26N4. The number of nitrogens with one attached hydrogen (secondary N) is 1. The number of anilines is 1. The van der Waals surface area contributed by atoms with E-state index in [0.717, 1.165) is 25.5 Å². The molecule has 1 aromatic rings. The van der Waals surface area contributed by atoms with Gasteiger partial charge in [0.1, 0.15) is 5.82 Å². The van der Waals surface area contributed by atoms with E-state index in [2.05, 4.69) is 46.2 Å². The van der Waals surface area contributed by atoms with Gasteiger partial charge in [-0.1, -0.05) is 0 Å². The van der Waals surface area contributed by atoms with Crippen LogP contribution in [0.25, 0.3) is 0 Å². The second kappa shape index (κ2) is 7.46. The highest BCUT2D eigenvalue weighted by Crippen LogP contribution is 2.10. The van der Waals surface area contributed by atoms with Crippen LogP contribution in [0.4, 0.5) is 5.82 Å². The van der Waals surface area contributed by atoms with Crippen LogP contribution in [-0.2, 0) is 6.54 Å². The average Bonchev–Trinajstić information content (AvgIpc) is 2.90. The number of pyridine rings is 1. The Labute approximate surface area is 116 Å². The van der Waals surface area contributed by atoms with E-state index in [1.54, 1.807) is 0 Å². The van der Waals surface area contributed by atoms with Gasteiger partial charge >= 0.3 is 0 Å². The summed E-state index contributed by atoms with van der Waals surface area (Å²) in [5, 5.41) is 3.26. The Bertz CT molecular complexity index is 374. The van der Waals surface area contributed by atoms with E-state index in [9.17, 15) is 0 Å². The molecule has 106 valence electrons. The van der Waals surface area contributed by atoms with Crippen molar-refractivity contribution in [2.24, 2.45) is 0 Å². The van der Waals surface area contributed by atoms with Gasteiger partial charge in [0.25, 0.3) is 0 Å². The molecule has 4 nitrogen and oxygen atoms in total. The largest absolute Gasteiger partial charge is 0.370 e. The fourth-order valence-corrected chi connectivity index (χ4v) is 2.56. The first kappa shape index (κ1) is 14.3. The van der Waals surface area contributed by atoms with E-state index in [1.807, 2.05) is 6.20 Å². The van der Waals surface area contributed by atoms with Gasteiger partial charge in [-0.15, -0.1) is 0 Å². The molecule has 0 aliphatic carbocycles. The second-order valence-corrected chi connectivity index (χ2v) is 5.37. The van der Waals surface area contributed by atoms with Crippen LogP contribution >= 0.6 is 0 Å². The number of likely N-dealkylation sites (N-methyl/N-ethyl adjacent to an activating group) is 1. The first-order valence-corrected chi connectivity index (χ1v) is 7.37. The van der Waals surface area contributed by atoms with Gasteiger partial charge in [-0.3, -0.25) is 0 Å². The van der Waals surface area contributed by atoms with Gasteiger partial charge in [-0.25, -0.2) is 4.98 Å². The SMILES string of the molecule is CCNc1cc(CN(C)CCN2CCCC2)ccn1. The molecule has 2 heterocycles. The van der Waals surface area contributed by atoms with Gasteiger partial charge in [0, 0.05) is 32.4 Å². The molecule has 1 aliphatic heterocycles. The summed E-state index contributed by atoms with van der Waals surface area (Å²) in [7, 11) is 2.20. The summed E-state index contributed by atoms with van der Waals surface area (Å²) in [6, 6.07) is 4.25. The van der Waals surface area contributed by atoms with Crippen molar-refractivity contribution in [3.8, 4) is 0 Å². The third-order valence-corrected chi connectivity index (χ3v) is 3.63. The standard InChI is InChI=1S/C15H26N4/c1-3-16-15-12-14(6-7-17-15)13-18(2)10-11-19-8-4-5-9-19/h6-7,12H,3-5,8-11,13H2,1-2H3,(H,16,17). The smallest absolute Gasteiger partial charge is 0.126 e. The van der Waals surface area contributed by atoms with E-state index in [0.29, 0.717) is 0 Å². The molecule has 1 aliphatic rings. The molecule has 1 aromatic heterocycles. The minimum absolute atomic E-state index is 0.918. The van der Waals surface area contributed by atoms with E-state index in [-0.39, 0.29) is 0 Å². The predicted octanol–water partition coefficient (Wildman–Crippen LogP) is 2.04. The minimum atomic E-state index is 0.918. The maximum Gasteiger partial charge on any atom is 0.126 e. The maximum atomic E-state index is 4.31. The highest BCUT2D eigenvalue weighted by molar-refractivity contribution is 5.37. The topological polar surface area (TPSA) is 31.4 Å². The molecule has 0 atom stereocenters. The molecule has 0 aromatic carbocycles. The number of aromatic nitrogens is 1. The van der Waals surface area contributed by atoms with E-state index >= 15 is 0 Å². The first-order valence-electron chi connectivity index (χ1n) is 7.37. The Balaban J connectivity index is 1.77. The Morgan fingerprint density at radius 2 is 2.16 bits per heavy atom. The van der Waals surface area contributed by atoms with Gasteiger partial charge in [0.15, 0.2) is 0 Å². The van der Waals surface area contributed by atoms with Gasteiger partial charge in [-0.05, 0) is 57.6 Å². The molecule has 0 unspecified atom stereocenters. The molecule has 2 rings (SSSR count). The molecule has 1 fully saturated rings. The van der Waals surface area contributed by atoms with Crippen molar-refractivity contribution in [2.75, 3.05) is 45.1 Å². The normalized spacial score (nSPS) is 16.2. The fourth-order valence-electron chi connectivity index (χ4n) is 2.56. The molecule has 0 spiro atoms. The highest BCUT2D eigenvalue weighted by Gasteiger charge is 2.11. The molecule has 0 bridgehead atoms. The zero-order valence-electron chi connectivity index (χ0n) is 12.2. The van der Waals surface area contributed by atoms with Gasteiger partial charge in [0.2, 0.25) is 0 Å². The monoisotopic (exact) mass is 262 g/mol. The van der Waals surface area contributed by atoms with Crippen LogP contribution in [0.15, 0.2) is 18.3 Å². The lowest BCUT2D eigenvalue weighted by molar-refractivity contribution is 0.252. The Hall–Kier alpha value is -1.13. The Kier molecular flexibility index (Phi) is 5.61. The molecule has 1 saturated heterocycles. The zero-order valence-corrected chi connectivity index (χ0v) is 12.2. The zero-order chi connectivity index (χ0) is 13.5. The molecule has 1 N–H and O–H groups in total. The lowest BCUT2D eigenvalue weighted by Crippen LogP contribution is -2.31. The summed E-state index contributed by atoms with van der Waals surface area (Å²) >= 11 is 0. The number of hydrogen-bond donors (Lipinski definition) is 1. The molecule has 19 heavy (non-hydrogen) atoms. The fraction of sp³-hybridized carbons (Fsp3) is 0.667. The van der Waals surface area contributed by atoms with Crippen molar-refractivity contribution in [2.45, 2.75) is 26.3 Å². The van der Waals surface area contributed by atoms with Crippen molar-refractivity contribution < 1.29 is 0 Å². The van der Waals surface area contributed by atoms with E-state index in [4.69, 9.17) is 0 Å². The van der Waals surface area contributed by atoms with Crippen LogP contribution in [0.5, 0.6) is 0 Å². The summed E-state index contributed by atoms with van der Waals surface area (Å²) in [6.45, 7) is 8.91. The van der Waals surface area contributed by atoms with Crippen LogP contribution in [0, 0.1) is 0 Å². The highest BCUT2D eigenvalue weighted by atomic mass is 15.2. The third kappa shape index (κ3) is 4.80. The van der Waals surface area contributed by atoms with Crippen LogP contribution in [-0.4, -0.2) is 54.6 Å². The van der Waals surface area contributed by atoms with Crippen molar-refractivity contribution in [1.29, 1.82) is 0 Å². The van der Waals surface area contributed by atoms with Crippen LogP contribution in [0.2, 0.25) is 0 Å². The van der Waals surface area contributed by atoms with Crippen molar-refractivity contribution in [3.05, 3.63) is 23.9 Å². The van der Waals surface area contributed by atoms with Crippen LogP contribution in [0.1, 0.15) is 25.3 Å². The Morgan fingerprint density at radius 1 is 1.37 bits per heavy atom. The van der Waals surface area contributed by atoms with Crippen molar-refractivity contribution in [3.63, 3.8) is 0 Å². The predicted molar refractivity (Wildman–Crippen MR) is 80.4 cm³/mol. The van der Waals surface area contributed by atoms with E-state index in [1.165, 1.54) is 38.0 Å². The summed E-state index contributed by atoms with van der Waals surface area (Å²) in [6.07, 6.45) is 4.64. The first-order chi connectivity index (χ1) is 9.28. The molecule has 0 radical (unpaired) electrons. The summed E-state index contributed by atoms with van der Waals surface area (Å²) in [5.41, 5.74) is 1.33. The molecular weight excluding hydrogens is 236 g/mol. The van der Waals surface area contributed by atoms with Crippen LogP contribution in [0.3, 0.4) is 0 Å². The number of likely N-dealkylation sites (tertiary alicyclic amines) is 1. The van der Waals surface area contributed by atoms with Crippen molar-refractivity contribution in [1.82, 2.24) is 14.8 Å². The van der Waals surface area contributed by atoms with Gasteiger partial charge in [0.05, 0.1) is 0 Å². The van der Waals surface area contributed by atoms with Crippen molar-refractivity contribution >= 4 is 5.82 Å². The third-order valence-electron chi connectivity index (χ3n) is 3.63. The minimum Gasteiger partial charge on any atom is -0.370 e. The quantitative estimate of drug-likeness (QED) is 0.815.